The first kappa shape index (κ1) is 24.0. The molecule has 1 aliphatic rings. The van der Waals surface area contributed by atoms with Gasteiger partial charge < -0.3 is 19.6 Å². The lowest BCUT2D eigenvalue weighted by Crippen LogP contribution is -3.16. The van der Waals surface area contributed by atoms with Crippen molar-refractivity contribution in [3.05, 3.63) is 99.8 Å². The highest BCUT2D eigenvalue weighted by Crippen LogP contribution is 2.28. The first-order chi connectivity index (χ1) is 16.0. The first-order valence-electron chi connectivity index (χ1n) is 11.1. The first-order valence-corrected chi connectivity index (χ1v) is 11.9. The maximum atomic E-state index is 13.2. The zero-order valence-electron chi connectivity index (χ0n) is 18.3. The Morgan fingerprint density at radius 1 is 0.848 bits per heavy atom. The molecule has 0 amide bonds. The number of rotatable bonds is 8. The number of ether oxygens (including phenoxy) is 1. The topological polar surface area (TPSA) is 37.1 Å². The molecule has 1 aliphatic heterocycles. The van der Waals surface area contributed by atoms with Crippen molar-refractivity contribution in [1.82, 2.24) is 0 Å². The molecule has 2 N–H and O–H groups in total. The molecule has 33 heavy (non-hydrogen) atoms. The predicted octanol–water partition coefficient (Wildman–Crippen LogP) is 4.00. The lowest BCUT2D eigenvalue weighted by molar-refractivity contribution is -0.903. The molecule has 0 aliphatic carbocycles. The molecule has 0 spiro atoms. The van der Waals surface area contributed by atoms with Gasteiger partial charge in [0.25, 0.3) is 0 Å². The SMILES string of the molecule is O[C@H](COC(c1ccc(Cl)cc1)c1ccc(Cl)cc1)C[NH+]1CCN(c2ccc(F)cc2)CC1. The predicted molar refractivity (Wildman–Crippen MR) is 131 cm³/mol. The van der Waals surface area contributed by atoms with Gasteiger partial charge in [-0.25, -0.2) is 4.39 Å². The van der Waals surface area contributed by atoms with Crippen molar-refractivity contribution in [3.8, 4) is 0 Å². The zero-order valence-corrected chi connectivity index (χ0v) is 19.8. The van der Waals surface area contributed by atoms with Crippen LogP contribution >= 0.6 is 23.2 Å². The van der Waals surface area contributed by atoms with Crippen LogP contribution in [0.1, 0.15) is 17.2 Å². The molecule has 1 heterocycles. The molecule has 7 heteroatoms. The fourth-order valence-electron chi connectivity index (χ4n) is 4.20. The van der Waals surface area contributed by atoms with Crippen molar-refractivity contribution >= 4 is 28.9 Å². The van der Waals surface area contributed by atoms with Crippen molar-refractivity contribution in [2.45, 2.75) is 12.2 Å². The summed E-state index contributed by atoms with van der Waals surface area (Å²) in [6, 6.07) is 21.7. The monoisotopic (exact) mass is 489 g/mol. The smallest absolute Gasteiger partial charge is 0.126 e. The highest BCUT2D eigenvalue weighted by molar-refractivity contribution is 6.30. The van der Waals surface area contributed by atoms with E-state index >= 15 is 0 Å². The number of nitrogens with one attached hydrogen (secondary N) is 1. The third-order valence-electron chi connectivity index (χ3n) is 5.99. The van der Waals surface area contributed by atoms with Crippen LogP contribution in [-0.4, -0.2) is 50.5 Å². The Morgan fingerprint density at radius 2 is 1.36 bits per heavy atom. The number of hydrogen-bond donors (Lipinski definition) is 2. The van der Waals surface area contributed by atoms with Gasteiger partial charge in [0.2, 0.25) is 0 Å². The van der Waals surface area contributed by atoms with Crippen LogP contribution in [0.4, 0.5) is 10.1 Å². The fourth-order valence-corrected chi connectivity index (χ4v) is 4.45. The van der Waals surface area contributed by atoms with Gasteiger partial charge in [0.15, 0.2) is 0 Å². The largest absolute Gasteiger partial charge is 0.385 e. The minimum absolute atomic E-state index is 0.221. The Labute approximate surface area is 204 Å². The normalized spacial score (nSPS) is 15.7. The van der Waals surface area contributed by atoms with Crippen LogP contribution in [0.3, 0.4) is 0 Å². The molecule has 0 unspecified atom stereocenters. The number of piperazine rings is 1. The second kappa shape index (κ2) is 11.3. The van der Waals surface area contributed by atoms with Crippen LogP contribution in [0, 0.1) is 5.82 Å². The van der Waals surface area contributed by atoms with Gasteiger partial charge in [-0.2, -0.15) is 0 Å². The molecule has 1 fully saturated rings. The van der Waals surface area contributed by atoms with E-state index in [9.17, 15) is 9.50 Å². The van der Waals surface area contributed by atoms with Crippen LogP contribution in [0.15, 0.2) is 72.8 Å². The number of benzene rings is 3. The van der Waals surface area contributed by atoms with Gasteiger partial charge in [-0.15, -0.1) is 0 Å². The molecule has 4 nitrogen and oxygen atoms in total. The van der Waals surface area contributed by atoms with Gasteiger partial charge in [-0.1, -0.05) is 47.5 Å². The van der Waals surface area contributed by atoms with E-state index in [0.29, 0.717) is 16.6 Å². The van der Waals surface area contributed by atoms with Gasteiger partial charge >= 0.3 is 0 Å². The number of anilines is 1. The van der Waals surface area contributed by atoms with Crippen LogP contribution in [-0.2, 0) is 4.74 Å². The highest BCUT2D eigenvalue weighted by atomic mass is 35.5. The molecule has 174 valence electrons. The van der Waals surface area contributed by atoms with Gasteiger partial charge in [0, 0.05) is 15.7 Å². The van der Waals surface area contributed by atoms with Crippen LogP contribution in [0.5, 0.6) is 0 Å². The molecule has 0 aromatic heterocycles. The number of aliphatic hydroxyl groups is 1. The Morgan fingerprint density at radius 3 is 1.88 bits per heavy atom. The minimum atomic E-state index is -0.584. The summed E-state index contributed by atoms with van der Waals surface area (Å²) in [4.78, 5) is 3.59. The zero-order chi connectivity index (χ0) is 23.2. The molecule has 0 bridgehead atoms. The van der Waals surface area contributed by atoms with E-state index in [-0.39, 0.29) is 18.5 Å². The highest BCUT2D eigenvalue weighted by Gasteiger charge is 2.24. The van der Waals surface area contributed by atoms with Gasteiger partial charge in [-0.05, 0) is 59.7 Å². The van der Waals surface area contributed by atoms with E-state index in [1.54, 1.807) is 0 Å². The maximum Gasteiger partial charge on any atom is 0.126 e. The standard InChI is InChI=1S/C26H27Cl2FN2O2/c27-21-5-1-19(2-6-21)26(20-3-7-22(28)8-4-20)33-18-25(32)17-30-13-15-31(16-14-30)24-11-9-23(29)10-12-24/h1-12,25-26,32H,13-18H2/p+1/t25-/m0/s1. The fraction of sp³-hybridized carbons (Fsp3) is 0.308. The van der Waals surface area contributed by atoms with Gasteiger partial charge in [0.05, 0.1) is 32.8 Å². The summed E-state index contributed by atoms with van der Waals surface area (Å²) in [7, 11) is 0. The minimum Gasteiger partial charge on any atom is -0.385 e. The summed E-state index contributed by atoms with van der Waals surface area (Å²) in [5.74, 6) is -0.221. The number of quaternary nitrogens is 1. The van der Waals surface area contributed by atoms with Crippen LogP contribution in [0.25, 0.3) is 0 Å². The third kappa shape index (κ3) is 6.69. The Kier molecular flexibility index (Phi) is 8.23. The maximum absolute atomic E-state index is 13.2. The van der Waals surface area contributed by atoms with E-state index in [1.165, 1.54) is 17.0 Å². The van der Waals surface area contributed by atoms with Crippen molar-refractivity contribution in [3.63, 3.8) is 0 Å². The third-order valence-corrected chi connectivity index (χ3v) is 6.49. The summed E-state index contributed by atoms with van der Waals surface area (Å²) in [5, 5.41) is 12.0. The average molecular weight is 490 g/mol. The van der Waals surface area contributed by atoms with E-state index in [2.05, 4.69) is 4.90 Å². The van der Waals surface area contributed by atoms with E-state index < -0.39 is 6.10 Å². The second-order valence-corrected chi connectivity index (χ2v) is 9.26. The van der Waals surface area contributed by atoms with Crippen LogP contribution < -0.4 is 9.80 Å². The summed E-state index contributed by atoms with van der Waals surface area (Å²) < 4.78 is 19.4. The number of halogens is 3. The lowest BCUT2D eigenvalue weighted by atomic mass is 10.0. The molecular weight excluding hydrogens is 462 g/mol. The van der Waals surface area contributed by atoms with Gasteiger partial charge in [-0.3, -0.25) is 0 Å². The number of aliphatic hydroxyl groups excluding tert-OH is 1. The average Bonchev–Trinajstić information content (AvgIpc) is 2.82. The molecule has 1 atom stereocenters. The Balaban J connectivity index is 1.32. The van der Waals surface area contributed by atoms with E-state index in [0.717, 1.165) is 43.0 Å². The Hall–Kier alpha value is -2.15. The quantitative estimate of drug-likeness (QED) is 0.501. The summed E-state index contributed by atoms with van der Waals surface area (Å²) in [5.41, 5.74) is 2.97. The summed E-state index contributed by atoms with van der Waals surface area (Å²) >= 11 is 12.1. The van der Waals surface area contributed by atoms with Crippen molar-refractivity contribution in [1.29, 1.82) is 0 Å². The molecule has 0 saturated carbocycles. The van der Waals surface area contributed by atoms with Crippen molar-refractivity contribution < 1.29 is 19.1 Å². The molecule has 1 saturated heterocycles. The summed E-state index contributed by atoms with van der Waals surface area (Å²) in [6.45, 7) is 4.39. The van der Waals surface area contributed by atoms with Gasteiger partial charge in [0.1, 0.15) is 24.6 Å². The van der Waals surface area contributed by atoms with Crippen molar-refractivity contribution in [2.75, 3.05) is 44.2 Å². The molecule has 4 rings (SSSR count). The van der Waals surface area contributed by atoms with Crippen molar-refractivity contribution in [2.24, 2.45) is 0 Å². The second-order valence-electron chi connectivity index (χ2n) is 8.39. The summed E-state index contributed by atoms with van der Waals surface area (Å²) in [6.07, 6.45) is -0.904. The van der Waals surface area contributed by atoms with E-state index in [4.69, 9.17) is 27.9 Å². The number of nitrogens with zero attached hydrogens (tertiary/aromatic N) is 1. The Bertz CT molecular complexity index is 962. The molecular formula is C26H28Cl2FN2O2+. The lowest BCUT2D eigenvalue weighted by Gasteiger charge is -2.34. The van der Waals surface area contributed by atoms with Crippen LogP contribution in [0.2, 0.25) is 10.0 Å². The van der Waals surface area contributed by atoms with E-state index in [1.807, 2.05) is 60.7 Å². The molecule has 3 aromatic carbocycles. The molecule has 0 radical (unpaired) electrons. The molecule has 3 aromatic rings. The number of hydrogen-bond acceptors (Lipinski definition) is 3.